The van der Waals surface area contributed by atoms with Gasteiger partial charge in [0.1, 0.15) is 5.75 Å². The Bertz CT molecular complexity index is 959. The Morgan fingerprint density at radius 2 is 1.58 bits per heavy atom. The molecular formula is C29H34N2O2. The zero-order valence-corrected chi connectivity index (χ0v) is 19.5. The van der Waals surface area contributed by atoms with Gasteiger partial charge < -0.3 is 15.0 Å². The molecule has 33 heavy (non-hydrogen) atoms. The predicted molar refractivity (Wildman–Crippen MR) is 134 cm³/mol. The van der Waals surface area contributed by atoms with E-state index in [0.29, 0.717) is 18.1 Å². The monoisotopic (exact) mass is 442 g/mol. The number of carbonyl (C=O) groups is 1. The number of benzene rings is 3. The van der Waals surface area contributed by atoms with Crippen LogP contribution in [0.15, 0.2) is 84.9 Å². The fourth-order valence-electron chi connectivity index (χ4n) is 4.67. The van der Waals surface area contributed by atoms with Crippen LogP contribution in [0.4, 0.5) is 0 Å². The molecule has 0 spiro atoms. The van der Waals surface area contributed by atoms with Gasteiger partial charge in [0.15, 0.2) is 0 Å². The summed E-state index contributed by atoms with van der Waals surface area (Å²) in [6, 6.07) is 29.3. The average Bonchev–Trinajstić information content (AvgIpc) is 2.87. The second-order valence-electron chi connectivity index (χ2n) is 8.71. The van der Waals surface area contributed by atoms with Crippen LogP contribution in [-0.2, 0) is 0 Å². The first-order valence-corrected chi connectivity index (χ1v) is 12.1. The minimum Gasteiger partial charge on any atom is -0.494 e. The number of hydrogen-bond donors (Lipinski definition) is 1. The molecule has 1 aliphatic rings. The standard InChI is InChI=1S/C29H34N2O2/c1-2-33-27-15-9-14-25(22-27)29(32)30-26-16-19-31(20-17-26)21-18-28(23-10-5-3-6-11-23)24-12-7-4-8-13-24/h3-15,22,26,28H,2,16-21H2,1H3,(H,30,32). The van der Waals surface area contributed by atoms with E-state index in [0.717, 1.165) is 44.6 Å². The van der Waals surface area contributed by atoms with Crippen molar-refractivity contribution in [2.75, 3.05) is 26.2 Å². The van der Waals surface area contributed by atoms with E-state index >= 15 is 0 Å². The number of nitrogens with zero attached hydrogens (tertiary/aromatic N) is 1. The van der Waals surface area contributed by atoms with Gasteiger partial charge in [-0.3, -0.25) is 4.79 Å². The first kappa shape index (κ1) is 23.1. The fraction of sp³-hybridized carbons (Fsp3) is 0.345. The van der Waals surface area contributed by atoms with Crippen molar-refractivity contribution in [3.8, 4) is 5.75 Å². The third-order valence-corrected chi connectivity index (χ3v) is 6.47. The highest BCUT2D eigenvalue weighted by Crippen LogP contribution is 2.28. The van der Waals surface area contributed by atoms with Crippen LogP contribution in [0, 0.1) is 0 Å². The van der Waals surface area contributed by atoms with Crippen molar-refractivity contribution < 1.29 is 9.53 Å². The summed E-state index contributed by atoms with van der Waals surface area (Å²) < 4.78 is 5.52. The van der Waals surface area contributed by atoms with E-state index in [1.807, 2.05) is 31.2 Å². The molecule has 3 aromatic carbocycles. The van der Waals surface area contributed by atoms with Crippen molar-refractivity contribution in [2.24, 2.45) is 0 Å². The summed E-state index contributed by atoms with van der Waals surface area (Å²) in [5.74, 6) is 1.14. The maximum Gasteiger partial charge on any atom is 0.251 e. The highest BCUT2D eigenvalue weighted by atomic mass is 16.5. The maximum absolute atomic E-state index is 12.7. The molecule has 1 aliphatic heterocycles. The predicted octanol–water partition coefficient (Wildman–Crippen LogP) is 5.50. The molecule has 3 aromatic rings. The molecule has 4 heteroatoms. The summed E-state index contributed by atoms with van der Waals surface area (Å²) in [5.41, 5.74) is 3.41. The third-order valence-electron chi connectivity index (χ3n) is 6.47. The lowest BCUT2D eigenvalue weighted by atomic mass is 9.88. The van der Waals surface area contributed by atoms with Crippen LogP contribution in [0.2, 0.25) is 0 Å². The smallest absolute Gasteiger partial charge is 0.251 e. The number of likely N-dealkylation sites (tertiary alicyclic amines) is 1. The number of amides is 1. The topological polar surface area (TPSA) is 41.6 Å². The lowest BCUT2D eigenvalue weighted by Gasteiger charge is -2.33. The van der Waals surface area contributed by atoms with Crippen molar-refractivity contribution >= 4 is 5.91 Å². The second kappa shape index (κ2) is 11.7. The van der Waals surface area contributed by atoms with E-state index < -0.39 is 0 Å². The summed E-state index contributed by atoms with van der Waals surface area (Å²) in [6.45, 7) is 5.63. The molecule has 0 atom stereocenters. The molecule has 0 saturated carbocycles. The van der Waals surface area contributed by atoms with E-state index in [1.54, 1.807) is 0 Å². The van der Waals surface area contributed by atoms with E-state index in [-0.39, 0.29) is 11.9 Å². The van der Waals surface area contributed by atoms with Crippen LogP contribution in [-0.4, -0.2) is 43.1 Å². The second-order valence-corrected chi connectivity index (χ2v) is 8.71. The summed E-state index contributed by atoms with van der Waals surface area (Å²) in [7, 11) is 0. The van der Waals surface area contributed by atoms with Crippen molar-refractivity contribution in [2.45, 2.75) is 38.1 Å². The first-order valence-electron chi connectivity index (χ1n) is 12.1. The molecule has 0 unspecified atom stereocenters. The summed E-state index contributed by atoms with van der Waals surface area (Å²) in [5, 5.41) is 3.22. The highest BCUT2D eigenvalue weighted by Gasteiger charge is 2.23. The molecule has 0 aliphatic carbocycles. The molecule has 0 aromatic heterocycles. The third kappa shape index (κ3) is 6.45. The van der Waals surface area contributed by atoms with E-state index in [4.69, 9.17) is 4.74 Å². The van der Waals surface area contributed by atoms with Gasteiger partial charge >= 0.3 is 0 Å². The number of piperidine rings is 1. The Kier molecular flexibility index (Phi) is 8.15. The number of nitrogens with one attached hydrogen (secondary N) is 1. The summed E-state index contributed by atoms with van der Waals surface area (Å²) in [4.78, 5) is 15.2. The zero-order chi connectivity index (χ0) is 22.9. The lowest BCUT2D eigenvalue weighted by molar-refractivity contribution is 0.0910. The minimum atomic E-state index is -0.0109. The van der Waals surface area contributed by atoms with Gasteiger partial charge in [0.2, 0.25) is 0 Å². The van der Waals surface area contributed by atoms with Gasteiger partial charge in [-0.1, -0.05) is 66.7 Å². The van der Waals surface area contributed by atoms with E-state index in [9.17, 15) is 4.79 Å². The van der Waals surface area contributed by atoms with Crippen LogP contribution in [0.1, 0.15) is 53.6 Å². The van der Waals surface area contributed by atoms with E-state index in [2.05, 4.69) is 70.9 Å². The van der Waals surface area contributed by atoms with Crippen molar-refractivity contribution in [3.05, 3.63) is 102 Å². The number of carbonyl (C=O) groups excluding carboxylic acids is 1. The van der Waals surface area contributed by atoms with Crippen LogP contribution < -0.4 is 10.1 Å². The Hall–Kier alpha value is -3.11. The largest absolute Gasteiger partial charge is 0.494 e. The van der Waals surface area contributed by atoms with E-state index in [1.165, 1.54) is 11.1 Å². The molecule has 1 amide bonds. The van der Waals surface area contributed by atoms with Gasteiger partial charge in [0.25, 0.3) is 5.91 Å². The van der Waals surface area contributed by atoms with Crippen molar-refractivity contribution in [1.29, 1.82) is 0 Å². The maximum atomic E-state index is 12.7. The summed E-state index contributed by atoms with van der Waals surface area (Å²) in [6.07, 6.45) is 3.06. The molecule has 4 rings (SSSR count). The molecule has 1 saturated heterocycles. The van der Waals surface area contributed by atoms with Gasteiger partial charge in [-0.2, -0.15) is 0 Å². The lowest BCUT2D eigenvalue weighted by Crippen LogP contribution is -2.45. The molecule has 172 valence electrons. The number of rotatable bonds is 9. The average molecular weight is 443 g/mol. The number of ether oxygens (including phenoxy) is 1. The Balaban J connectivity index is 1.29. The quantitative estimate of drug-likeness (QED) is 0.476. The fourth-order valence-corrected chi connectivity index (χ4v) is 4.67. The summed E-state index contributed by atoms with van der Waals surface area (Å²) >= 11 is 0. The Labute approximate surface area is 197 Å². The SMILES string of the molecule is CCOc1cccc(C(=O)NC2CCN(CCC(c3ccccc3)c3ccccc3)CC2)c1. The highest BCUT2D eigenvalue weighted by molar-refractivity contribution is 5.94. The van der Waals surface area contributed by atoms with Gasteiger partial charge in [-0.25, -0.2) is 0 Å². The van der Waals surface area contributed by atoms with Gasteiger partial charge in [-0.05, 0) is 62.1 Å². The van der Waals surface area contributed by atoms with Crippen molar-refractivity contribution in [3.63, 3.8) is 0 Å². The molecule has 0 radical (unpaired) electrons. The molecule has 1 fully saturated rings. The minimum absolute atomic E-state index is 0.0109. The molecular weight excluding hydrogens is 408 g/mol. The zero-order valence-electron chi connectivity index (χ0n) is 19.5. The van der Waals surface area contributed by atoms with Crippen molar-refractivity contribution in [1.82, 2.24) is 10.2 Å². The van der Waals surface area contributed by atoms with Gasteiger partial charge in [0.05, 0.1) is 6.61 Å². The molecule has 1 N–H and O–H groups in total. The molecule has 0 bridgehead atoms. The molecule has 1 heterocycles. The molecule has 4 nitrogen and oxygen atoms in total. The Morgan fingerprint density at radius 1 is 0.939 bits per heavy atom. The van der Waals surface area contributed by atoms with Crippen LogP contribution >= 0.6 is 0 Å². The first-order chi connectivity index (χ1) is 16.2. The van der Waals surface area contributed by atoms with Crippen LogP contribution in [0.3, 0.4) is 0 Å². The number of hydrogen-bond acceptors (Lipinski definition) is 3. The normalized spacial score (nSPS) is 14.8. The van der Waals surface area contributed by atoms with Gasteiger partial charge in [0, 0.05) is 30.6 Å². The van der Waals surface area contributed by atoms with Crippen LogP contribution in [0.25, 0.3) is 0 Å². The van der Waals surface area contributed by atoms with Crippen LogP contribution in [0.5, 0.6) is 5.75 Å². The van der Waals surface area contributed by atoms with Gasteiger partial charge in [-0.15, -0.1) is 0 Å². The Morgan fingerprint density at radius 3 is 2.18 bits per heavy atom.